The third-order valence-corrected chi connectivity index (χ3v) is 4.42. The summed E-state index contributed by atoms with van der Waals surface area (Å²) in [6.45, 7) is 1.85. The summed E-state index contributed by atoms with van der Waals surface area (Å²) >= 11 is 0. The lowest BCUT2D eigenvalue weighted by Crippen LogP contribution is -2.29. The minimum absolute atomic E-state index is 0.0256. The predicted molar refractivity (Wildman–Crippen MR) is 73.9 cm³/mol. The van der Waals surface area contributed by atoms with E-state index in [1.54, 1.807) is 0 Å². The van der Waals surface area contributed by atoms with Crippen LogP contribution in [0.15, 0.2) is 40.8 Å². The minimum atomic E-state index is -3.64. The molecule has 0 saturated heterocycles. The van der Waals surface area contributed by atoms with Crippen molar-refractivity contribution in [2.45, 2.75) is 11.3 Å². The van der Waals surface area contributed by atoms with Crippen molar-refractivity contribution in [2.75, 3.05) is 19.6 Å². The molecule has 0 fully saturated rings. The van der Waals surface area contributed by atoms with Crippen molar-refractivity contribution in [3.63, 3.8) is 0 Å². The van der Waals surface area contributed by atoms with Crippen molar-refractivity contribution in [3.05, 3.63) is 46.0 Å². The smallest absolute Gasteiger partial charge is 0.269 e. The normalized spacial score (nSPS) is 15.7. The zero-order chi connectivity index (χ0) is 14.6. The highest BCUT2D eigenvalue weighted by Gasteiger charge is 2.16. The van der Waals surface area contributed by atoms with Crippen LogP contribution in [0.3, 0.4) is 0 Å². The van der Waals surface area contributed by atoms with E-state index in [0.29, 0.717) is 0 Å². The van der Waals surface area contributed by atoms with Crippen LogP contribution >= 0.6 is 0 Å². The van der Waals surface area contributed by atoms with Gasteiger partial charge < -0.3 is 5.32 Å². The van der Waals surface area contributed by atoms with Crippen LogP contribution in [-0.4, -0.2) is 33.0 Å². The molecule has 2 rings (SSSR count). The number of nitrogens with zero attached hydrogens (tertiary/aromatic N) is 1. The van der Waals surface area contributed by atoms with Gasteiger partial charge in [0.05, 0.1) is 9.82 Å². The summed E-state index contributed by atoms with van der Waals surface area (Å²) in [4.78, 5) is 9.98. The Bertz CT molecular complexity index is 623. The first-order chi connectivity index (χ1) is 9.49. The van der Waals surface area contributed by atoms with Gasteiger partial charge in [-0.1, -0.05) is 11.6 Å². The lowest BCUT2D eigenvalue weighted by Gasteiger charge is -2.14. The van der Waals surface area contributed by atoms with Crippen LogP contribution in [0, 0.1) is 10.1 Å². The highest BCUT2D eigenvalue weighted by molar-refractivity contribution is 7.89. The third kappa shape index (κ3) is 3.62. The van der Waals surface area contributed by atoms with Gasteiger partial charge in [-0.2, -0.15) is 0 Å². The second-order valence-corrected chi connectivity index (χ2v) is 6.16. The molecule has 0 atom stereocenters. The molecule has 1 aliphatic heterocycles. The van der Waals surface area contributed by atoms with Crippen LogP contribution in [-0.2, 0) is 10.0 Å². The highest BCUT2D eigenvalue weighted by atomic mass is 32.2. The van der Waals surface area contributed by atoms with Gasteiger partial charge in [-0.25, -0.2) is 13.1 Å². The third-order valence-electron chi connectivity index (χ3n) is 3.01. The van der Waals surface area contributed by atoms with Crippen molar-refractivity contribution in [2.24, 2.45) is 0 Å². The van der Waals surface area contributed by atoms with Gasteiger partial charge in [0.15, 0.2) is 0 Å². The molecule has 0 saturated carbocycles. The molecule has 1 aromatic rings. The van der Waals surface area contributed by atoms with E-state index in [9.17, 15) is 18.5 Å². The average molecular weight is 297 g/mol. The molecule has 0 bridgehead atoms. The van der Waals surface area contributed by atoms with Crippen LogP contribution in [0.25, 0.3) is 0 Å². The number of benzene rings is 1. The molecule has 0 radical (unpaired) electrons. The number of nitrogens with one attached hydrogen (secondary N) is 2. The van der Waals surface area contributed by atoms with Gasteiger partial charge in [-0.3, -0.25) is 10.1 Å². The van der Waals surface area contributed by atoms with Crippen molar-refractivity contribution < 1.29 is 13.3 Å². The zero-order valence-corrected chi connectivity index (χ0v) is 11.5. The van der Waals surface area contributed by atoms with Gasteiger partial charge >= 0.3 is 0 Å². The summed E-state index contributed by atoms with van der Waals surface area (Å²) in [6, 6.07) is 4.82. The largest absolute Gasteiger partial charge is 0.313 e. The van der Waals surface area contributed by atoms with Crippen molar-refractivity contribution in [1.82, 2.24) is 10.0 Å². The average Bonchev–Trinajstić information content (AvgIpc) is 2.46. The molecule has 0 aliphatic carbocycles. The summed E-state index contributed by atoms with van der Waals surface area (Å²) in [5, 5.41) is 13.7. The Morgan fingerprint density at radius 1 is 1.30 bits per heavy atom. The summed E-state index contributed by atoms with van der Waals surface area (Å²) in [5.74, 6) is 0. The van der Waals surface area contributed by atoms with Gasteiger partial charge in [0.2, 0.25) is 10.0 Å². The molecule has 1 aliphatic rings. The van der Waals surface area contributed by atoms with Gasteiger partial charge in [-0.05, 0) is 25.1 Å². The van der Waals surface area contributed by atoms with Crippen LogP contribution in [0.5, 0.6) is 0 Å². The van der Waals surface area contributed by atoms with E-state index in [-0.39, 0.29) is 17.1 Å². The topological polar surface area (TPSA) is 101 Å². The van der Waals surface area contributed by atoms with Gasteiger partial charge in [-0.15, -0.1) is 0 Å². The molecule has 7 nitrogen and oxygen atoms in total. The second-order valence-electron chi connectivity index (χ2n) is 4.39. The van der Waals surface area contributed by atoms with Crippen molar-refractivity contribution >= 4 is 15.7 Å². The van der Waals surface area contributed by atoms with Crippen molar-refractivity contribution in [3.8, 4) is 0 Å². The fourth-order valence-electron chi connectivity index (χ4n) is 1.85. The summed E-state index contributed by atoms with van der Waals surface area (Å²) in [5.41, 5.74) is 0.902. The Labute approximate surface area is 116 Å². The maximum Gasteiger partial charge on any atom is 0.269 e. The Kier molecular flexibility index (Phi) is 4.48. The maximum absolute atomic E-state index is 12.0. The molecule has 0 amide bonds. The van der Waals surface area contributed by atoms with E-state index in [2.05, 4.69) is 10.0 Å². The molecule has 108 valence electrons. The van der Waals surface area contributed by atoms with Crippen LogP contribution in [0.2, 0.25) is 0 Å². The maximum atomic E-state index is 12.0. The first kappa shape index (κ1) is 14.6. The van der Waals surface area contributed by atoms with Crippen LogP contribution < -0.4 is 10.0 Å². The molecule has 8 heteroatoms. The molecular formula is C12H15N3O4S. The number of rotatable bonds is 5. The van der Waals surface area contributed by atoms with Gasteiger partial charge in [0.25, 0.3) is 5.69 Å². The molecule has 1 heterocycles. The fourth-order valence-corrected chi connectivity index (χ4v) is 2.88. The highest BCUT2D eigenvalue weighted by Crippen LogP contribution is 2.16. The van der Waals surface area contributed by atoms with E-state index in [0.717, 1.165) is 25.1 Å². The van der Waals surface area contributed by atoms with Crippen LogP contribution in [0.1, 0.15) is 6.42 Å². The SMILES string of the molecule is O=[N+]([O-])c1ccc(S(=O)(=O)NCC2=CCNCC2)cc1. The number of sulfonamides is 1. The summed E-state index contributed by atoms with van der Waals surface area (Å²) < 4.78 is 26.6. The fraction of sp³-hybridized carbons (Fsp3) is 0.333. The first-order valence-corrected chi connectivity index (χ1v) is 7.60. The summed E-state index contributed by atoms with van der Waals surface area (Å²) in [6.07, 6.45) is 2.77. The standard InChI is InChI=1S/C12H15N3O4S/c16-15(17)11-1-3-12(4-2-11)20(18,19)14-9-10-5-7-13-8-6-10/h1-5,13-14H,6-9H2. The van der Waals surface area contributed by atoms with E-state index in [4.69, 9.17) is 0 Å². The van der Waals surface area contributed by atoms with E-state index >= 15 is 0 Å². The minimum Gasteiger partial charge on any atom is -0.313 e. The Hall–Kier alpha value is -1.77. The quantitative estimate of drug-likeness (QED) is 0.475. The number of nitro benzene ring substituents is 1. The number of nitro groups is 1. The lowest BCUT2D eigenvalue weighted by molar-refractivity contribution is -0.384. The van der Waals surface area contributed by atoms with Crippen LogP contribution in [0.4, 0.5) is 5.69 Å². The van der Waals surface area contributed by atoms with Crippen molar-refractivity contribution in [1.29, 1.82) is 0 Å². The molecule has 0 unspecified atom stereocenters. The first-order valence-electron chi connectivity index (χ1n) is 6.12. The van der Waals surface area contributed by atoms with E-state index < -0.39 is 14.9 Å². The predicted octanol–water partition coefficient (Wildman–Crippen LogP) is 0.793. The molecule has 20 heavy (non-hydrogen) atoms. The van der Waals surface area contributed by atoms with Gasteiger partial charge in [0.1, 0.15) is 0 Å². The summed E-state index contributed by atoms with van der Waals surface area (Å²) in [7, 11) is -3.64. The second kappa shape index (κ2) is 6.12. The monoisotopic (exact) mass is 297 g/mol. The van der Waals surface area contributed by atoms with Gasteiger partial charge in [0, 0.05) is 25.2 Å². The Morgan fingerprint density at radius 3 is 2.55 bits per heavy atom. The van der Waals surface area contributed by atoms with E-state index in [1.807, 2.05) is 6.08 Å². The lowest BCUT2D eigenvalue weighted by atomic mass is 10.1. The molecule has 0 spiro atoms. The molecule has 0 aromatic heterocycles. The zero-order valence-electron chi connectivity index (χ0n) is 10.7. The number of non-ortho nitro benzene ring substituents is 1. The Balaban J connectivity index is 2.05. The number of hydrogen-bond donors (Lipinski definition) is 2. The number of hydrogen-bond acceptors (Lipinski definition) is 5. The molecule has 1 aromatic carbocycles. The van der Waals surface area contributed by atoms with E-state index in [1.165, 1.54) is 24.3 Å². The Morgan fingerprint density at radius 2 is 2.00 bits per heavy atom. The molecular weight excluding hydrogens is 282 g/mol. The molecule has 2 N–H and O–H groups in total.